The number of carbonyl (C=O) groups excluding carboxylic acids is 2. The maximum atomic E-state index is 13.2. The zero-order valence-corrected chi connectivity index (χ0v) is 17.5. The SMILES string of the molecule is CN(C)CCN1CC2=C(C1=O)[C@@H](c1cccc(Oc3ccccc3)c1)NC(=O)N2C. The number of ether oxygens (including phenoxy) is 1. The summed E-state index contributed by atoms with van der Waals surface area (Å²) in [5.74, 6) is 1.36. The van der Waals surface area contributed by atoms with Gasteiger partial charge < -0.3 is 19.9 Å². The number of nitrogens with one attached hydrogen (secondary N) is 1. The molecule has 7 nitrogen and oxygen atoms in total. The molecule has 30 heavy (non-hydrogen) atoms. The van der Waals surface area contributed by atoms with Crippen molar-refractivity contribution in [1.82, 2.24) is 20.0 Å². The van der Waals surface area contributed by atoms with Gasteiger partial charge in [0.25, 0.3) is 5.91 Å². The van der Waals surface area contributed by atoms with Gasteiger partial charge in [-0.25, -0.2) is 4.79 Å². The van der Waals surface area contributed by atoms with Crippen LogP contribution in [-0.2, 0) is 4.79 Å². The molecule has 0 saturated heterocycles. The zero-order chi connectivity index (χ0) is 21.3. The van der Waals surface area contributed by atoms with E-state index in [-0.39, 0.29) is 11.9 Å². The molecule has 7 heteroatoms. The Hall–Kier alpha value is -3.32. The van der Waals surface area contributed by atoms with Crippen LogP contribution in [-0.4, -0.2) is 67.4 Å². The number of nitrogens with zero attached hydrogens (tertiary/aromatic N) is 3. The van der Waals surface area contributed by atoms with Crippen LogP contribution in [0, 0.1) is 0 Å². The van der Waals surface area contributed by atoms with Crippen molar-refractivity contribution in [2.75, 3.05) is 40.8 Å². The summed E-state index contributed by atoms with van der Waals surface area (Å²) in [6.45, 7) is 1.83. The fourth-order valence-corrected chi connectivity index (χ4v) is 3.76. The average Bonchev–Trinajstić information content (AvgIpc) is 3.07. The molecule has 0 aromatic heterocycles. The van der Waals surface area contributed by atoms with Gasteiger partial charge in [0.05, 0.1) is 23.9 Å². The fourth-order valence-electron chi connectivity index (χ4n) is 3.76. The van der Waals surface area contributed by atoms with E-state index < -0.39 is 6.04 Å². The van der Waals surface area contributed by atoms with Crippen LogP contribution in [0.15, 0.2) is 65.9 Å². The zero-order valence-electron chi connectivity index (χ0n) is 17.5. The Labute approximate surface area is 176 Å². The van der Waals surface area contributed by atoms with Gasteiger partial charge in [-0.1, -0.05) is 30.3 Å². The molecule has 2 aliphatic heterocycles. The largest absolute Gasteiger partial charge is 0.457 e. The van der Waals surface area contributed by atoms with Crippen molar-refractivity contribution in [1.29, 1.82) is 0 Å². The molecule has 156 valence electrons. The predicted octanol–water partition coefficient (Wildman–Crippen LogP) is 2.83. The molecule has 3 amide bonds. The van der Waals surface area contributed by atoms with Gasteiger partial charge >= 0.3 is 6.03 Å². The van der Waals surface area contributed by atoms with Crippen molar-refractivity contribution >= 4 is 11.9 Å². The first-order valence-electron chi connectivity index (χ1n) is 9.98. The second-order valence-corrected chi connectivity index (χ2v) is 7.82. The van der Waals surface area contributed by atoms with Gasteiger partial charge in [0.2, 0.25) is 0 Å². The van der Waals surface area contributed by atoms with E-state index in [9.17, 15) is 9.59 Å². The molecular formula is C23H26N4O3. The molecular weight excluding hydrogens is 380 g/mol. The Balaban J connectivity index is 1.63. The molecule has 0 radical (unpaired) electrons. The molecule has 0 spiro atoms. The van der Waals surface area contributed by atoms with E-state index in [1.54, 1.807) is 16.8 Å². The number of benzene rings is 2. The number of rotatable bonds is 6. The number of carbonyl (C=O) groups is 2. The molecule has 1 atom stereocenters. The molecule has 0 fully saturated rings. The van der Waals surface area contributed by atoms with Gasteiger partial charge in [-0.3, -0.25) is 9.69 Å². The lowest BCUT2D eigenvalue weighted by Gasteiger charge is -2.31. The van der Waals surface area contributed by atoms with E-state index in [0.717, 1.165) is 23.6 Å². The average molecular weight is 406 g/mol. The molecule has 2 aromatic carbocycles. The van der Waals surface area contributed by atoms with Gasteiger partial charge in [0.1, 0.15) is 11.5 Å². The highest BCUT2D eigenvalue weighted by molar-refractivity contribution is 6.01. The first kappa shape index (κ1) is 20.0. The number of hydrogen-bond donors (Lipinski definition) is 1. The summed E-state index contributed by atoms with van der Waals surface area (Å²) in [5.41, 5.74) is 2.22. The van der Waals surface area contributed by atoms with Gasteiger partial charge in [-0.05, 0) is 43.9 Å². The van der Waals surface area contributed by atoms with E-state index in [0.29, 0.717) is 24.4 Å². The van der Waals surface area contributed by atoms with Crippen molar-refractivity contribution < 1.29 is 14.3 Å². The number of urea groups is 1. The van der Waals surface area contributed by atoms with Crippen molar-refractivity contribution in [3.8, 4) is 11.5 Å². The van der Waals surface area contributed by atoms with Crippen LogP contribution in [0.1, 0.15) is 11.6 Å². The van der Waals surface area contributed by atoms with E-state index in [1.165, 1.54) is 0 Å². The molecule has 0 unspecified atom stereocenters. The lowest BCUT2D eigenvalue weighted by Crippen LogP contribution is -2.45. The first-order chi connectivity index (χ1) is 14.4. The lowest BCUT2D eigenvalue weighted by atomic mass is 9.95. The summed E-state index contributed by atoms with van der Waals surface area (Å²) in [6.07, 6.45) is 0. The van der Waals surface area contributed by atoms with Gasteiger partial charge in [0.15, 0.2) is 0 Å². The molecule has 0 saturated carbocycles. The van der Waals surface area contributed by atoms with Crippen molar-refractivity contribution in [2.24, 2.45) is 0 Å². The molecule has 2 aliphatic rings. The Bertz CT molecular complexity index is 987. The third kappa shape index (κ3) is 3.89. The van der Waals surface area contributed by atoms with Crippen LogP contribution in [0.4, 0.5) is 4.79 Å². The lowest BCUT2D eigenvalue weighted by molar-refractivity contribution is -0.125. The maximum absolute atomic E-state index is 13.2. The molecule has 1 N–H and O–H groups in total. The standard InChI is InChI=1S/C23H26N4O3/c1-25(2)12-13-27-15-19-20(22(27)28)21(24-23(29)26(19)3)16-8-7-11-18(14-16)30-17-9-5-4-6-10-17/h4-11,14,21H,12-13,15H2,1-3H3,(H,24,29)/t21-/m1/s1. The minimum atomic E-state index is -0.500. The van der Waals surface area contributed by atoms with Crippen LogP contribution in [0.2, 0.25) is 0 Å². The minimum absolute atomic E-state index is 0.0296. The van der Waals surface area contributed by atoms with Crippen LogP contribution in [0.3, 0.4) is 0 Å². The minimum Gasteiger partial charge on any atom is -0.457 e. The Morgan fingerprint density at radius 3 is 2.53 bits per heavy atom. The fraction of sp³-hybridized carbons (Fsp3) is 0.304. The summed E-state index contributed by atoms with van der Waals surface area (Å²) in [4.78, 5) is 31.2. The van der Waals surface area contributed by atoms with E-state index in [4.69, 9.17) is 4.74 Å². The summed E-state index contributed by atoms with van der Waals surface area (Å²) in [5, 5.41) is 2.98. The monoisotopic (exact) mass is 406 g/mol. The third-order valence-corrected chi connectivity index (χ3v) is 5.42. The van der Waals surface area contributed by atoms with Crippen LogP contribution in [0.25, 0.3) is 0 Å². The van der Waals surface area contributed by atoms with Gasteiger partial charge in [0, 0.05) is 20.1 Å². The number of para-hydroxylation sites is 1. The third-order valence-electron chi connectivity index (χ3n) is 5.42. The van der Waals surface area contributed by atoms with Crippen LogP contribution >= 0.6 is 0 Å². The normalized spacial score (nSPS) is 18.7. The number of hydrogen-bond acceptors (Lipinski definition) is 4. The second kappa shape index (κ2) is 8.20. The Morgan fingerprint density at radius 1 is 1.07 bits per heavy atom. The van der Waals surface area contributed by atoms with Crippen LogP contribution < -0.4 is 10.1 Å². The second-order valence-electron chi connectivity index (χ2n) is 7.82. The molecule has 2 heterocycles. The molecule has 4 rings (SSSR count). The smallest absolute Gasteiger partial charge is 0.322 e. The molecule has 2 aromatic rings. The summed E-state index contributed by atoms with van der Waals surface area (Å²) >= 11 is 0. The summed E-state index contributed by atoms with van der Waals surface area (Å²) in [6, 6.07) is 16.3. The maximum Gasteiger partial charge on any atom is 0.322 e. The summed E-state index contributed by atoms with van der Waals surface area (Å²) < 4.78 is 5.94. The highest BCUT2D eigenvalue weighted by Gasteiger charge is 2.42. The number of amides is 3. The Kier molecular flexibility index (Phi) is 5.46. The van der Waals surface area contributed by atoms with Gasteiger partial charge in [-0.2, -0.15) is 0 Å². The van der Waals surface area contributed by atoms with Crippen molar-refractivity contribution in [2.45, 2.75) is 6.04 Å². The predicted molar refractivity (Wildman–Crippen MR) is 114 cm³/mol. The number of likely N-dealkylation sites (N-methyl/N-ethyl adjacent to an activating group) is 2. The topological polar surface area (TPSA) is 65.1 Å². The van der Waals surface area contributed by atoms with Crippen LogP contribution in [0.5, 0.6) is 11.5 Å². The Morgan fingerprint density at radius 2 is 1.80 bits per heavy atom. The highest BCUT2D eigenvalue weighted by atomic mass is 16.5. The van der Waals surface area contributed by atoms with Gasteiger partial charge in [-0.15, -0.1) is 0 Å². The summed E-state index contributed by atoms with van der Waals surface area (Å²) in [7, 11) is 5.66. The van der Waals surface area contributed by atoms with E-state index in [1.807, 2.05) is 73.6 Å². The first-order valence-corrected chi connectivity index (χ1v) is 9.98. The highest BCUT2D eigenvalue weighted by Crippen LogP contribution is 2.36. The quantitative estimate of drug-likeness (QED) is 0.801. The van der Waals surface area contributed by atoms with E-state index in [2.05, 4.69) is 5.32 Å². The molecule has 0 bridgehead atoms. The molecule has 0 aliphatic carbocycles. The van der Waals surface area contributed by atoms with Crippen molar-refractivity contribution in [3.05, 3.63) is 71.4 Å². The van der Waals surface area contributed by atoms with Crippen molar-refractivity contribution in [3.63, 3.8) is 0 Å². The van der Waals surface area contributed by atoms with E-state index >= 15 is 0 Å².